The first-order valence-corrected chi connectivity index (χ1v) is 14.3. The molecule has 200 valence electrons. The van der Waals surface area contributed by atoms with Gasteiger partial charge in [0.2, 0.25) is 0 Å². The van der Waals surface area contributed by atoms with E-state index in [9.17, 15) is 10.0 Å². The first-order valence-electron chi connectivity index (χ1n) is 13.5. The molecule has 5 heteroatoms. The molecule has 0 fully saturated rings. The van der Waals surface area contributed by atoms with Crippen molar-refractivity contribution in [2.24, 2.45) is 0 Å². The van der Waals surface area contributed by atoms with Crippen molar-refractivity contribution in [2.75, 3.05) is 0 Å². The summed E-state index contributed by atoms with van der Waals surface area (Å²) in [5, 5.41) is 23.0. The van der Waals surface area contributed by atoms with E-state index < -0.39 is 7.12 Å². The molecule has 6 aromatic rings. The van der Waals surface area contributed by atoms with Crippen molar-refractivity contribution in [2.45, 2.75) is 19.8 Å². The van der Waals surface area contributed by atoms with Gasteiger partial charge in [0.15, 0.2) is 0 Å². The first-order chi connectivity index (χ1) is 19.5. The normalized spacial score (nSPS) is 10.1. The van der Waals surface area contributed by atoms with Crippen LogP contribution in [0, 0.1) is 6.92 Å². The van der Waals surface area contributed by atoms with Gasteiger partial charge in [-0.25, -0.2) is 0 Å². The molecule has 0 atom stereocenters. The third kappa shape index (κ3) is 9.20. The van der Waals surface area contributed by atoms with Crippen LogP contribution >= 0.6 is 15.9 Å². The third-order valence-electron chi connectivity index (χ3n) is 6.53. The van der Waals surface area contributed by atoms with Crippen molar-refractivity contribution in [1.29, 1.82) is 0 Å². The summed E-state index contributed by atoms with van der Waals surface area (Å²) in [5.41, 5.74) is 5.37. The van der Waals surface area contributed by atoms with Crippen LogP contribution in [0.25, 0.3) is 43.8 Å². The number of rotatable bonds is 4. The van der Waals surface area contributed by atoms with Crippen molar-refractivity contribution in [3.8, 4) is 22.3 Å². The zero-order valence-corrected chi connectivity index (χ0v) is 25.3. The number of hydrogen-bond donors (Lipinski definition) is 2. The maximum atomic E-state index is 9.17. The average molecular weight is 595 g/mol. The van der Waals surface area contributed by atoms with Gasteiger partial charge in [-0.15, -0.1) is 0 Å². The van der Waals surface area contributed by atoms with E-state index >= 15 is 0 Å². The molecule has 6 rings (SSSR count). The van der Waals surface area contributed by atoms with Crippen molar-refractivity contribution >= 4 is 50.1 Å². The van der Waals surface area contributed by atoms with Crippen LogP contribution in [0.1, 0.15) is 19.8 Å². The molecule has 0 saturated heterocycles. The summed E-state index contributed by atoms with van der Waals surface area (Å²) < 4.78 is 1.12. The molecule has 0 aliphatic rings. The SMILES string of the molecule is Brc1ccc2cc(-c3ccccc3)ccc2c1.OB(O)c1ccc2cc(-c3ccccc3)ccc2c1.[CH2-]CCC.[Li+]. The van der Waals surface area contributed by atoms with E-state index in [1.807, 2.05) is 42.5 Å². The molecule has 0 bridgehead atoms. The molecule has 0 radical (unpaired) electrons. The van der Waals surface area contributed by atoms with E-state index in [1.165, 1.54) is 33.9 Å². The standard InChI is InChI=1S/C16H13BO2.C16H11Br.C4H9.Li/c18-17(19)16-9-8-14-10-13(6-7-15(14)11-16)12-4-2-1-3-5-12;17-16-9-8-14-10-13(6-7-15(14)11-16)12-4-2-1-3-5-12;1-3-4-2;/h1-11,18-19H;1-11H;1,3-4H2,2H3;/q;;-1;+1. The van der Waals surface area contributed by atoms with E-state index in [-0.39, 0.29) is 18.9 Å². The molecular formula is C36H33BBrLiO2. The number of unbranched alkanes of at least 4 members (excludes halogenated alkanes) is 1. The summed E-state index contributed by atoms with van der Waals surface area (Å²) in [6.07, 6.45) is 2.28. The molecular weight excluding hydrogens is 562 g/mol. The largest absolute Gasteiger partial charge is 1.00 e. The zero-order chi connectivity index (χ0) is 28.3. The van der Waals surface area contributed by atoms with Gasteiger partial charge in [-0.05, 0) is 73.5 Å². The average Bonchev–Trinajstić information content (AvgIpc) is 3.01. The molecule has 0 saturated carbocycles. The van der Waals surface area contributed by atoms with Crippen LogP contribution < -0.4 is 24.3 Å². The van der Waals surface area contributed by atoms with Crippen LogP contribution in [0.2, 0.25) is 0 Å². The van der Waals surface area contributed by atoms with Gasteiger partial charge >= 0.3 is 26.0 Å². The summed E-state index contributed by atoms with van der Waals surface area (Å²) >= 11 is 3.50. The van der Waals surface area contributed by atoms with Crippen molar-refractivity contribution in [3.05, 3.63) is 145 Å². The van der Waals surface area contributed by atoms with Gasteiger partial charge in [-0.3, -0.25) is 0 Å². The van der Waals surface area contributed by atoms with E-state index in [0.29, 0.717) is 5.46 Å². The Hall–Kier alpha value is -3.10. The molecule has 0 aliphatic carbocycles. The second kappa shape index (κ2) is 16.4. The summed E-state index contributed by atoms with van der Waals surface area (Å²) in [6, 6.07) is 45.2. The fourth-order valence-electron chi connectivity index (χ4n) is 4.26. The number of benzene rings is 6. The van der Waals surface area contributed by atoms with Crippen molar-refractivity contribution in [3.63, 3.8) is 0 Å². The quantitative estimate of drug-likeness (QED) is 0.192. The van der Waals surface area contributed by atoms with E-state index in [1.54, 1.807) is 12.1 Å². The molecule has 0 amide bonds. The molecule has 0 unspecified atom stereocenters. The summed E-state index contributed by atoms with van der Waals surface area (Å²) in [6.45, 7) is 5.72. The number of halogens is 1. The second-order valence-electron chi connectivity index (χ2n) is 9.49. The fourth-order valence-corrected chi connectivity index (χ4v) is 4.64. The Morgan fingerprint density at radius 1 is 0.561 bits per heavy atom. The minimum atomic E-state index is -1.42. The molecule has 0 heterocycles. The number of fused-ring (bicyclic) bond motifs is 2. The van der Waals surface area contributed by atoms with Gasteiger partial charge in [0.25, 0.3) is 0 Å². The Labute approximate surface area is 264 Å². The van der Waals surface area contributed by atoms with Crippen LogP contribution in [-0.4, -0.2) is 17.2 Å². The Bertz CT molecular complexity index is 1660. The van der Waals surface area contributed by atoms with Crippen LogP contribution in [0.3, 0.4) is 0 Å². The van der Waals surface area contributed by atoms with E-state index in [2.05, 4.69) is 109 Å². The smallest absolute Gasteiger partial charge is 0.423 e. The zero-order valence-electron chi connectivity index (χ0n) is 23.7. The van der Waals surface area contributed by atoms with E-state index in [0.717, 1.165) is 27.2 Å². The topological polar surface area (TPSA) is 40.5 Å². The van der Waals surface area contributed by atoms with Gasteiger partial charge < -0.3 is 17.0 Å². The number of hydrogen-bond acceptors (Lipinski definition) is 2. The first kappa shape index (κ1) is 32.4. The van der Waals surface area contributed by atoms with Gasteiger partial charge in [0, 0.05) is 4.47 Å². The maximum Gasteiger partial charge on any atom is 1.00 e. The Balaban J connectivity index is 0.000000196. The van der Waals surface area contributed by atoms with Gasteiger partial charge in [-0.1, -0.05) is 138 Å². The maximum absolute atomic E-state index is 9.17. The molecule has 0 spiro atoms. The minimum absolute atomic E-state index is 0. The summed E-state index contributed by atoms with van der Waals surface area (Å²) in [5.74, 6) is 0. The van der Waals surface area contributed by atoms with Gasteiger partial charge in [0.05, 0.1) is 0 Å². The molecule has 41 heavy (non-hydrogen) atoms. The molecule has 2 nitrogen and oxygen atoms in total. The Morgan fingerprint density at radius 3 is 1.44 bits per heavy atom. The van der Waals surface area contributed by atoms with Gasteiger partial charge in [-0.2, -0.15) is 6.42 Å². The summed E-state index contributed by atoms with van der Waals surface area (Å²) in [7, 11) is -1.42. The van der Waals surface area contributed by atoms with Crippen LogP contribution in [0.15, 0.2) is 138 Å². The summed E-state index contributed by atoms with van der Waals surface area (Å²) in [4.78, 5) is 0. The van der Waals surface area contributed by atoms with Crippen LogP contribution in [0.5, 0.6) is 0 Å². The molecule has 0 aliphatic heterocycles. The van der Waals surface area contributed by atoms with Gasteiger partial charge in [0.1, 0.15) is 0 Å². The van der Waals surface area contributed by atoms with Crippen LogP contribution in [-0.2, 0) is 0 Å². The molecule has 0 aromatic heterocycles. The third-order valence-corrected chi connectivity index (χ3v) is 7.03. The van der Waals surface area contributed by atoms with Crippen LogP contribution in [0.4, 0.5) is 0 Å². The molecule has 2 N–H and O–H groups in total. The van der Waals surface area contributed by atoms with Crippen molar-refractivity contribution < 1.29 is 28.9 Å². The Morgan fingerprint density at radius 2 is 0.976 bits per heavy atom. The predicted molar refractivity (Wildman–Crippen MR) is 177 cm³/mol. The monoisotopic (exact) mass is 594 g/mol. The molecule has 6 aromatic carbocycles. The van der Waals surface area contributed by atoms with E-state index in [4.69, 9.17) is 0 Å². The minimum Gasteiger partial charge on any atom is -0.423 e. The second-order valence-corrected chi connectivity index (χ2v) is 10.4. The van der Waals surface area contributed by atoms with Crippen molar-refractivity contribution in [1.82, 2.24) is 0 Å². The Kier molecular flexibility index (Phi) is 12.9. The predicted octanol–water partition coefficient (Wildman–Crippen LogP) is 6.08. The fraction of sp³-hybridized carbons (Fsp3) is 0.0833.